The molecule has 1 N–H and O–H groups in total. The summed E-state index contributed by atoms with van der Waals surface area (Å²) in [5, 5.41) is 3.26. The molecule has 5 heteroatoms. The summed E-state index contributed by atoms with van der Waals surface area (Å²) in [6.45, 7) is 3.40. The highest BCUT2D eigenvalue weighted by atomic mass is 32.2. The van der Waals surface area contributed by atoms with E-state index in [4.69, 9.17) is 9.47 Å². The zero-order valence-electron chi connectivity index (χ0n) is 11.1. The van der Waals surface area contributed by atoms with Crippen molar-refractivity contribution in [2.75, 3.05) is 33.1 Å². The van der Waals surface area contributed by atoms with E-state index in [1.165, 1.54) is 0 Å². The quantitative estimate of drug-likeness (QED) is 0.777. The fourth-order valence-electron chi connectivity index (χ4n) is 1.74. The third-order valence-corrected chi connectivity index (χ3v) is 4.06. The van der Waals surface area contributed by atoms with Crippen LogP contribution in [0, 0.1) is 0 Å². The molecule has 0 bridgehead atoms. The summed E-state index contributed by atoms with van der Waals surface area (Å²) in [4.78, 5) is 0.735. The van der Waals surface area contributed by atoms with E-state index in [1.807, 2.05) is 31.2 Å². The molecule has 102 valence electrons. The molecule has 0 amide bonds. The number of rotatable bonds is 8. The van der Waals surface area contributed by atoms with Crippen LogP contribution in [0.2, 0.25) is 0 Å². The van der Waals surface area contributed by atoms with Crippen LogP contribution in [0.4, 0.5) is 0 Å². The van der Waals surface area contributed by atoms with Crippen LogP contribution < -0.4 is 10.1 Å². The Labute approximate surface area is 111 Å². The first-order chi connectivity index (χ1) is 8.72. The highest BCUT2D eigenvalue weighted by Crippen LogP contribution is 2.21. The molecule has 0 aliphatic heterocycles. The zero-order valence-corrected chi connectivity index (χ0v) is 12.0. The van der Waals surface area contributed by atoms with Crippen molar-refractivity contribution in [1.82, 2.24) is 5.32 Å². The fraction of sp³-hybridized carbons (Fsp3) is 0.538. The van der Waals surface area contributed by atoms with E-state index in [0.717, 1.165) is 11.4 Å². The average Bonchev–Trinajstić information content (AvgIpc) is 2.39. The van der Waals surface area contributed by atoms with E-state index >= 15 is 0 Å². The van der Waals surface area contributed by atoms with Crippen molar-refractivity contribution in [2.24, 2.45) is 0 Å². The minimum absolute atomic E-state index is 0.0887. The number of ether oxygens (including phenoxy) is 2. The monoisotopic (exact) mass is 271 g/mol. The lowest BCUT2D eigenvalue weighted by molar-refractivity contribution is 0.174. The predicted octanol–water partition coefficient (Wildman–Crippen LogP) is 1.43. The summed E-state index contributed by atoms with van der Waals surface area (Å²) in [6, 6.07) is 7.49. The predicted molar refractivity (Wildman–Crippen MR) is 73.6 cm³/mol. The van der Waals surface area contributed by atoms with Gasteiger partial charge in [0.25, 0.3) is 0 Å². The molecule has 4 nitrogen and oxygen atoms in total. The molecular weight excluding hydrogens is 250 g/mol. The van der Waals surface area contributed by atoms with Crippen molar-refractivity contribution in [3.8, 4) is 5.75 Å². The summed E-state index contributed by atoms with van der Waals surface area (Å²) >= 11 is 0. The molecule has 0 aliphatic rings. The van der Waals surface area contributed by atoms with Crippen molar-refractivity contribution in [3.05, 3.63) is 24.3 Å². The second kappa shape index (κ2) is 8.24. The van der Waals surface area contributed by atoms with Crippen LogP contribution in [0.1, 0.15) is 6.92 Å². The fourth-order valence-corrected chi connectivity index (χ4v) is 3.10. The number of hydrogen-bond acceptors (Lipinski definition) is 4. The van der Waals surface area contributed by atoms with Crippen LogP contribution in [-0.4, -0.2) is 43.4 Å². The van der Waals surface area contributed by atoms with Gasteiger partial charge in [0, 0.05) is 18.9 Å². The van der Waals surface area contributed by atoms with Gasteiger partial charge in [-0.1, -0.05) is 19.1 Å². The van der Waals surface area contributed by atoms with Gasteiger partial charge in [0.15, 0.2) is 0 Å². The molecule has 0 aromatic heterocycles. The molecule has 0 radical (unpaired) electrons. The molecule has 0 saturated heterocycles. The van der Waals surface area contributed by atoms with Crippen LogP contribution in [0.3, 0.4) is 0 Å². The summed E-state index contributed by atoms with van der Waals surface area (Å²) in [6.07, 6.45) is 0. The lowest BCUT2D eigenvalue weighted by Crippen LogP contribution is -2.37. The SMILES string of the molecule is CCNC(COC)CS(=O)c1ccccc1OC. The van der Waals surface area contributed by atoms with Gasteiger partial charge in [-0.25, -0.2) is 0 Å². The first kappa shape index (κ1) is 15.1. The van der Waals surface area contributed by atoms with Crippen molar-refractivity contribution < 1.29 is 13.7 Å². The molecule has 1 aromatic carbocycles. The average molecular weight is 271 g/mol. The molecule has 0 saturated carbocycles. The Morgan fingerprint density at radius 1 is 1.33 bits per heavy atom. The number of para-hydroxylation sites is 1. The van der Waals surface area contributed by atoms with Crippen LogP contribution in [0.15, 0.2) is 29.2 Å². The van der Waals surface area contributed by atoms with Crippen LogP contribution in [0.5, 0.6) is 5.75 Å². The smallest absolute Gasteiger partial charge is 0.134 e. The third kappa shape index (κ3) is 4.40. The van der Waals surface area contributed by atoms with Gasteiger partial charge < -0.3 is 14.8 Å². The van der Waals surface area contributed by atoms with Crippen LogP contribution in [-0.2, 0) is 15.5 Å². The normalized spacial score (nSPS) is 14.2. The highest BCUT2D eigenvalue weighted by Gasteiger charge is 2.15. The maximum Gasteiger partial charge on any atom is 0.134 e. The number of methoxy groups -OCH3 is 2. The molecule has 1 aromatic rings. The molecule has 2 unspecified atom stereocenters. The third-order valence-electron chi connectivity index (χ3n) is 2.53. The van der Waals surface area contributed by atoms with Gasteiger partial charge in [-0.2, -0.15) is 0 Å². The van der Waals surface area contributed by atoms with Crippen LogP contribution in [0.25, 0.3) is 0 Å². The number of benzene rings is 1. The Morgan fingerprint density at radius 3 is 2.67 bits per heavy atom. The molecule has 18 heavy (non-hydrogen) atoms. The Bertz CT molecular complexity index is 378. The van der Waals surface area contributed by atoms with Gasteiger partial charge >= 0.3 is 0 Å². The van der Waals surface area contributed by atoms with E-state index in [9.17, 15) is 4.21 Å². The molecule has 2 atom stereocenters. The number of hydrogen-bond donors (Lipinski definition) is 1. The van der Waals surface area contributed by atoms with Gasteiger partial charge in [-0.15, -0.1) is 0 Å². The maximum atomic E-state index is 12.3. The zero-order chi connectivity index (χ0) is 13.4. The van der Waals surface area contributed by atoms with Gasteiger partial charge in [0.1, 0.15) is 5.75 Å². The number of nitrogens with one attached hydrogen (secondary N) is 1. The number of likely N-dealkylation sites (N-methyl/N-ethyl adjacent to an activating group) is 1. The first-order valence-electron chi connectivity index (χ1n) is 5.96. The van der Waals surface area contributed by atoms with Gasteiger partial charge in [0.05, 0.1) is 29.4 Å². The van der Waals surface area contributed by atoms with Crippen molar-refractivity contribution in [1.29, 1.82) is 0 Å². The van der Waals surface area contributed by atoms with Gasteiger partial charge in [-0.05, 0) is 18.7 Å². The molecule has 0 spiro atoms. The Kier molecular flexibility index (Phi) is 6.93. The van der Waals surface area contributed by atoms with Gasteiger partial charge in [-0.3, -0.25) is 4.21 Å². The largest absolute Gasteiger partial charge is 0.495 e. The molecular formula is C13H21NO3S. The van der Waals surface area contributed by atoms with E-state index in [0.29, 0.717) is 18.1 Å². The van der Waals surface area contributed by atoms with Gasteiger partial charge in [0.2, 0.25) is 0 Å². The van der Waals surface area contributed by atoms with Crippen molar-refractivity contribution in [3.63, 3.8) is 0 Å². The standard InChI is InChI=1S/C13H21NO3S/c1-4-14-11(9-16-2)10-18(15)13-8-6-5-7-12(13)17-3/h5-8,11,14H,4,9-10H2,1-3H3. The summed E-state index contributed by atoms with van der Waals surface area (Å²) in [7, 11) is 2.14. The van der Waals surface area contributed by atoms with Crippen molar-refractivity contribution >= 4 is 10.8 Å². The molecule has 0 heterocycles. The molecule has 1 rings (SSSR count). The maximum absolute atomic E-state index is 12.3. The topological polar surface area (TPSA) is 47.6 Å². The van der Waals surface area contributed by atoms with Crippen LogP contribution >= 0.6 is 0 Å². The summed E-state index contributed by atoms with van der Waals surface area (Å²) < 4.78 is 22.7. The second-order valence-corrected chi connectivity index (χ2v) is 5.34. The van der Waals surface area contributed by atoms with E-state index in [2.05, 4.69) is 5.32 Å². The molecule has 0 fully saturated rings. The molecule has 0 aliphatic carbocycles. The van der Waals surface area contributed by atoms with Crippen molar-refractivity contribution in [2.45, 2.75) is 17.9 Å². The summed E-state index contributed by atoms with van der Waals surface area (Å²) in [5.74, 6) is 1.19. The lowest BCUT2D eigenvalue weighted by atomic mass is 10.3. The van der Waals surface area contributed by atoms with E-state index in [-0.39, 0.29) is 6.04 Å². The minimum Gasteiger partial charge on any atom is -0.495 e. The van der Waals surface area contributed by atoms with E-state index < -0.39 is 10.8 Å². The summed E-state index contributed by atoms with van der Waals surface area (Å²) in [5.41, 5.74) is 0. The Hall–Kier alpha value is -0.910. The first-order valence-corrected chi connectivity index (χ1v) is 7.28. The lowest BCUT2D eigenvalue weighted by Gasteiger charge is -2.17. The Morgan fingerprint density at radius 2 is 2.06 bits per heavy atom. The van der Waals surface area contributed by atoms with E-state index in [1.54, 1.807) is 14.2 Å². The Balaban J connectivity index is 2.73. The minimum atomic E-state index is -1.10. The highest BCUT2D eigenvalue weighted by molar-refractivity contribution is 7.85. The second-order valence-electron chi connectivity index (χ2n) is 3.87.